The van der Waals surface area contributed by atoms with Gasteiger partial charge in [-0.15, -0.1) is 0 Å². The first kappa shape index (κ1) is 11.1. The number of pyridine rings is 1. The van der Waals surface area contributed by atoms with Crippen molar-refractivity contribution in [3.8, 4) is 0 Å². The van der Waals surface area contributed by atoms with Crippen molar-refractivity contribution in [3.05, 3.63) is 17.3 Å². The van der Waals surface area contributed by atoms with Crippen molar-refractivity contribution in [2.24, 2.45) is 5.92 Å². The minimum atomic E-state index is 0.139. The molecule has 0 aliphatic carbocycles. The summed E-state index contributed by atoms with van der Waals surface area (Å²) in [6, 6.07) is 1.64. The molecule has 0 saturated carbocycles. The molecule has 1 atom stereocenters. The van der Waals surface area contributed by atoms with Gasteiger partial charge >= 0.3 is 0 Å². The number of hydrogen-bond donors (Lipinski definition) is 3. The van der Waals surface area contributed by atoms with Gasteiger partial charge < -0.3 is 16.2 Å². The van der Waals surface area contributed by atoms with Crippen LogP contribution in [0.5, 0.6) is 0 Å². The third-order valence-corrected chi connectivity index (χ3v) is 2.02. The quantitative estimate of drug-likeness (QED) is 0.709. The second-order valence-electron chi connectivity index (χ2n) is 3.26. The minimum absolute atomic E-state index is 0.139. The number of anilines is 2. The highest BCUT2D eigenvalue weighted by molar-refractivity contribution is 6.30. The molecule has 5 heteroatoms. The van der Waals surface area contributed by atoms with Crippen molar-refractivity contribution in [2.75, 3.05) is 24.2 Å². The van der Waals surface area contributed by atoms with Gasteiger partial charge in [0, 0.05) is 19.3 Å². The number of nitrogens with zero attached hydrogens (tertiary/aromatic N) is 1. The van der Waals surface area contributed by atoms with Crippen molar-refractivity contribution in [3.63, 3.8) is 0 Å². The normalized spacial score (nSPS) is 12.5. The van der Waals surface area contributed by atoms with E-state index in [9.17, 15) is 0 Å². The Morgan fingerprint density at radius 3 is 3.00 bits per heavy atom. The second kappa shape index (κ2) is 5.02. The number of nitrogens with one attached hydrogen (secondary N) is 1. The van der Waals surface area contributed by atoms with Crippen LogP contribution >= 0.6 is 11.6 Å². The number of hydrogen-bond acceptors (Lipinski definition) is 4. The highest BCUT2D eigenvalue weighted by Gasteiger charge is 2.03. The fourth-order valence-corrected chi connectivity index (χ4v) is 1.10. The molecule has 0 fully saturated rings. The fraction of sp³-hybridized carbons (Fsp3) is 0.444. The number of nitrogen functional groups attached to an aromatic ring is 1. The summed E-state index contributed by atoms with van der Waals surface area (Å²) in [6.45, 7) is 2.70. The van der Waals surface area contributed by atoms with Gasteiger partial charge in [0.1, 0.15) is 5.82 Å². The number of rotatable bonds is 4. The molecular formula is C9H14ClN3O. The Kier molecular flexibility index (Phi) is 3.98. The third-order valence-electron chi connectivity index (χ3n) is 1.81. The molecule has 4 nitrogen and oxygen atoms in total. The Balaban J connectivity index is 2.59. The van der Waals surface area contributed by atoms with Gasteiger partial charge in [-0.2, -0.15) is 0 Å². The number of nitrogens with two attached hydrogens (primary N) is 1. The summed E-state index contributed by atoms with van der Waals surface area (Å²) in [5.74, 6) is 0.779. The molecule has 1 aromatic heterocycles. The standard InChI is InChI=1S/C9H14ClN3O/c1-6(5-14)3-12-9-8(11)2-7(10)4-13-9/h2,4,6,14H,3,5,11H2,1H3,(H,12,13). The summed E-state index contributed by atoms with van der Waals surface area (Å²) in [6.07, 6.45) is 1.53. The maximum absolute atomic E-state index is 8.81. The molecule has 0 spiro atoms. The fourth-order valence-electron chi connectivity index (χ4n) is 0.938. The number of aromatic nitrogens is 1. The molecule has 0 aromatic carbocycles. The topological polar surface area (TPSA) is 71.2 Å². The van der Waals surface area contributed by atoms with E-state index in [1.54, 1.807) is 6.07 Å². The summed E-state index contributed by atoms with van der Waals surface area (Å²) >= 11 is 5.70. The van der Waals surface area contributed by atoms with E-state index < -0.39 is 0 Å². The molecule has 14 heavy (non-hydrogen) atoms. The van der Waals surface area contributed by atoms with E-state index in [1.807, 2.05) is 6.92 Å². The van der Waals surface area contributed by atoms with Crippen molar-refractivity contribution in [1.29, 1.82) is 0 Å². The zero-order valence-corrected chi connectivity index (χ0v) is 8.75. The van der Waals surface area contributed by atoms with E-state index in [0.29, 0.717) is 23.1 Å². The van der Waals surface area contributed by atoms with Gasteiger partial charge in [0.25, 0.3) is 0 Å². The predicted octanol–water partition coefficient (Wildman–Crippen LogP) is 1.36. The summed E-state index contributed by atoms with van der Waals surface area (Å²) in [7, 11) is 0. The van der Waals surface area contributed by atoms with Crippen LogP contribution in [0.4, 0.5) is 11.5 Å². The van der Waals surface area contributed by atoms with Crippen LogP contribution in [0.2, 0.25) is 5.02 Å². The Morgan fingerprint density at radius 1 is 1.71 bits per heavy atom. The minimum Gasteiger partial charge on any atom is -0.396 e. The van der Waals surface area contributed by atoms with Crippen LogP contribution in [-0.4, -0.2) is 23.2 Å². The average molecular weight is 216 g/mol. The van der Waals surface area contributed by atoms with Crippen LogP contribution in [0.25, 0.3) is 0 Å². The van der Waals surface area contributed by atoms with Crippen LogP contribution < -0.4 is 11.1 Å². The van der Waals surface area contributed by atoms with Crippen LogP contribution in [0.15, 0.2) is 12.3 Å². The Labute approximate surface area is 88.1 Å². The smallest absolute Gasteiger partial charge is 0.149 e. The van der Waals surface area contributed by atoms with E-state index >= 15 is 0 Å². The first-order chi connectivity index (χ1) is 6.63. The Hall–Kier alpha value is -1.00. The van der Waals surface area contributed by atoms with Gasteiger partial charge in [-0.1, -0.05) is 18.5 Å². The van der Waals surface area contributed by atoms with E-state index in [0.717, 1.165) is 0 Å². The van der Waals surface area contributed by atoms with Crippen molar-refractivity contribution in [2.45, 2.75) is 6.92 Å². The van der Waals surface area contributed by atoms with Crippen LogP contribution in [-0.2, 0) is 0 Å². The molecule has 78 valence electrons. The molecule has 0 aliphatic rings. The second-order valence-corrected chi connectivity index (χ2v) is 3.70. The van der Waals surface area contributed by atoms with Crippen molar-refractivity contribution >= 4 is 23.1 Å². The van der Waals surface area contributed by atoms with Gasteiger partial charge in [0.05, 0.1) is 10.7 Å². The van der Waals surface area contributed by atoms with Gasteiger partial charge in [-0.3, -0.25) is 0 Å². The van der Waals surface area contributed by atoms with Crippen LogP contribution in [0, 0.1) is 5.92 Å². The van der Waals surface area contributed by atoms with Gasteiger partial charge in [0.15, 0.2) is 0 Å². The molecule has 1 rings (SSSR count). The lowest BCUT2D eigenvalue weighted by molar-refractivity contribution is 0.244. The Bertz CT molecular complexity index is 306. The highest BCUT2D eigenvalue weighted by Crippen LogP contribution is 2.19. The highest BCUT2D eigenvalue weighted by atomic mass is 35.5. The van der Waals surface area contributed by atoms with Crippen molar-refractivity contribution in [1.82, 2.24) is 4.98 Å². The molecule has 0 radical (unpaired) electrons. The maximum atomic E-state index is 8.81. The van der Waals surface area contributed by atoms with E-state index in [-0.39, 0.29) is 12.5 Å². The van der Waals surface area contributed by atoms with Gasteiger partial charge in [-0.25, -0.2) is 4.98 Å². The molecule has 1 heterocycles. The number of aliphatic hydroxyl groups is 1. The molecule has 1 unspecified atom stereocenters. The van der Waals surface area contributed by atoms with Gasteiger partial charge in [-0.05, 0) is 12.0 Å². The Morgan fingerprint density at radius 2 is 2.43 bits per heavy atom. The first-order valence-electron chi connectivity index (χ1n) is 4.39. The van der Waals surface area contributed by atoms with E-state index in [1.165, 1.54) is 6.20 Å². The van der Waals surface area contributed by atoms with Crippen molar-refractivity contribution < 1.29 is 5.11 Å². The summed E-state index contributed by atoms with van der Waals surface area (Å²) in [5, 5.41) is 12.4. The van der Waals surface area contributed by atoms with Crippen LogP contribution in [0.1, 0.15) is 6.92 Å². The average Bonchev–Trinajstić information content (AvgIpc) is 2.16. The molecule has 0 amide bonds. The summed E-state index contributed by atoms with van der Waals surface area (Å²) < 4.78 is 0. The summed E-state index contributed by atoms with van der Waals surface area (Å²) in [5.41, 5.74) is 6.19. The number of aliphatic hydroxyl groups excluding tert-OH is 1. The summed E-state index contributed by atoms with van der Waals surface area (Å²) in [4.78, 5) is 4.03. The molecule has 0 bridgehead atoms. The molecule has 4 N–H and O–H groups in total. The molecule has 0 aliphatic heterocycles. The zero-order valence-electron chi connectivity index (χ0n) is 8.00. The monoisotopic (exact) mass is 215 g/mol. The maximum Gasteiger partial charge on any atom is 0.149 e. The predicted molar refractivity (Wildman–Crippen MR) is 58.4 cm³/mol. The SMILES string of the molecule is CC(CO)CNc1ncc(Cl)cc1N. The van der Waals surface area contributed by atoms with Crippen LogP contribution in [0.3, 0.4) is 0 Å². The first-order valence-corrected chi connectivity index (χ1v) is 4.77. The largest absolute Gasteiger partial charge is 0.396 e. The lowest BCUT2D eigenvalue weighted by Gasteiger charge is -2.11. The molecular weight excluding hydrogens is 202 g/mol. The van der Waals surface area contributed by atoms with E-state index in [4.69, 9.17) is 22.4 Å². The molecule has 1 aromatic rings. The van der Waals surface area contributed by atoms with E-state index in [2.05, 4.69) is 10.3 Å². The number of halogens is 1. The van der Waals surface area contributed by atoms with Gasteiger partial charge in [0.2, 0.25) is 0 Å². The third kappa shape index (κ3) is 3.05. The molecule has 0 saturated heterocycles. The lowest BCUT2D eigenvalue weighted by atomic mass is 10.2. The zero-order chi connectivity index (χ0) is 10.6. The lowest BCUT2D eigenvalue weighted by Crippen LogP contribution is -2.16.